The topological polar surface area (TPSA) is 33.5 Å². The molecule has 1 aromatic heterocycles. The van der Waals surface area contributed by atoms with Gasteiger partial charge in [0.15, 0.2) is 5.76 Å². The molecule has 20 heavy (non-hydrogen) atoms. The van der Waals surface area contributed by atoms with Crippen molar-refractivity contribution in [1.29, 1.82) is 0 Å². The predicted molar refractivity (Wildman–Crippen MR) is 82.3 cm³/mol. The van der Waals surface area contributed by atoms with Gasteiger partial charge in [0, 0.05) is 5.39 Å². The van der Waals surface area contributed by atoms with Crippen LogP contribution in [0.4, 0.5) is 0 Å². The molecule has 0 N–H and O–H groups in total. The molecule has 0 unspecified atom stereocenters. The van der Waals surface area contributed by atoms with Crippen LogP contribution in [-0.2, 0) is 0 Å². The Kier molecular flexibility index (Phi) is 4.00. The van der Waals surface area contributed by atoms with Crippen LogP contribution in [0.1, 0.15) is 42.8 Å². The second-order valence-corrected chi connectivity index (χ2v) is 5.61. The van der Waals surface area contributed by atoms with Gasteiger partial charge < -0.3 is 4.42 Å². The number of hydrogen-bond donors (Lipinski definition) is 0. The number of carbonyl (C=O) groups is 1. The summed E-state index contributed by atoms with van der Waals surface area (Å²) in [5.41, 5.74) is 1.46. The molecule has 1 aromatic carbocycles. The molecule has 3 heteroatoms. The number of aryl methyl sites for hydroxylation is 1. The average Bonchev–Trinajstić information content (AvgIpc) is 2.83. The summed E-state index contributed by atoms with van der Waals surface area (Å²) in [4.78, 5) is 14.9. The third-order valence-corrected chi connectivity index (χ3v) is 4.34. The number of likely N-dealkylation sites (N-methyl/N-ethyl adjacent to an activating group) is 1. The highest BCUT2D eigenvalue weighted by molar-refractivity contribution is 6.03. The van der Waals surface area contributed by atoms with Crippen molar-refractivity contribution in [3.05, 3.63) is 35.6 Å². The minimum absolute atomic E-state index is 0.0707. The molecule has 3 nitrogen and oxygen atoms in total. The highest BCUT2D eigenvalue weighted by Crippen LogP contribution is 2.29. The van der Waals surface area contributed by atoms with Crippen LogP contribution in [-0.4, -0.2) is 30.3 Å². The Morgan fingerprint density at radius 3 is 2.40 bits per heavy atom. The molecule has 0 fully saturated rings. The summed E-state index contributed by atoms with van der Waals surface area (Å²) in [6.07, 6.45) is 1.54. The fourth-order valence-electron chi connectivity index (χ4n) is 2.91. The molecule has 0 atom stereocenters. The highest BCUT2D eigenvalue weighted by Gasteiger charge is 2.39. The van der Waals surface area contributed by atoms with Crippen molar-refractivity contribution in [3.8, 4) is 0 Å². The summed E-state index contributed by atoms with van der Waals surface area (Å²) >= 11 is 0. The fraction of sp³-hybridized carbons (Fsp3) is 0.471. The van der Waals surface area contributed by atoms with Crippen LogP contribution in [0.3, 0.4) is 0 Å². The maximum absolute atomic E-state index is 12.9. The monoisotopic (exact) mass is 273 g/mol. The van der Waals surface area contributed by atoms with Gasteiger partial charge in [-0.15, -0.1) is 0 Å². The standard InChI is InChI=1S/C17H23NO2/c1-6-17(7-2,18(4)5)16(19)15-11-13-10-12(3)8-9-14(13)20-15/h8-11H,6-7H2,1-5H3. The summed E-state index contributed by atoms with van der Waals surface area (Å²) in [5, 5.41) is 0.994. The number of carbonyl (C=O) groups excluding carboxylic acids is 1. The predicted octanol–water partition coefficient (Wildman–Crippen LogP) is 4.04. The van der Waals surface area contributed by atoms with Crippen LogP contribution in [0.5, 0.6) is 0 Å². The van der Waals surface area contributed by atoms with Gasteiger partial charge in [-0.2, -0.15) is 0 Å². The van der Waals surface area contributed by atoms with Gasteiger partial charge in [-0.3, -0.25) is 9.69 Å². The molecule has 2 aromatic rings. The zero-order valence-electron chi connectivity index (χ0n) is 13.0. The molecule has 0 amide bonds. The molecule has 0 radical (unpaired) electrons. The first-order chi connectivity index (χ1) is 9.44. The number of hydrogen-bond acceptors (Lipinski definition) is 3. The lowest BCUT2D eigenvalue weighted by Gasteiger charge is -2.36. The number of rotatable bonds is 5. The molecular weight excluding hydrogens is 250 g/mol. The molecule has 0 aliphatic carbocycles. The molecule has 108 valence electrons. The molecule has 0 aliphatic heterocycles. The van der Waals surface area contributed by atoms with E-state index in [4.69, 9.17) is 4.42 Å². The Hall–Kier alpha value is -1.61. The van der Waals surface area contributed by atoms with Crippen LogP contribution in [0, 0.1) is 6.92 Å². The van der Waals surface area contributed by atoms with Gasteiger partial charge in [0.1, 0.15) is 5.58 Å². The van der Waals surface area contributed by atoms with Gasteiger partial charge in [-0.05, 0) is 52.1 Å². The van der Waals surface area contributed by atoms with E-state index < -0.39 is 5.54 Å². The van der Waals surface area contributed by atoms with E-state index in [2.05, 4.69) is 0 Å². The smallest absolute Gasteiger partial charge is 0.218 e. The molecule has 0 bridgehead atoms. The molecular formula is C17H23NO2. The van der Waals surface area contributed by atoms with E-state index in [9.17, 15) is 4.79 Å². The minimum atomic E-state index is -0.483. The Morgan fingerprint density at radius 1 is 1.20 bits per heavy atom. The van der Waals surface area contributed by atoms with Crippen molar-refractivity contribution in [2.45, 2.75) is 39.2 Å². The first-order valence-electron chi connectivity index (χ1n) is 7.17. The van der Waals surface area contributed by atoms with Gasteiger partial charge in [0.25, 0.3) is 0 Å². The highest BCUT2D eigenvalue weighted by atomic mass is 16.3. The van der Waals surface area contributed by atoms with E-state index in [1.807, 2.05) is 64.0 Å². The Bertz CT molecular complexity index is 621. The van der Waals surface area contributed by atoms with Crippen molar-refractivity contribution in [3.63, 3.8) is 0 Å². The number of furan rings is 1. The Labute approximate surface area is 120 Å². The number of benzene rings is 1. The van der Waals surface area contributed by atoms with Gasteiger partial charge in [0.2, 0.25) is 5.78 Å². The van der Waals surface area contributed by atoms with Gasteiger partial charge in [-0.1, -0.05) is 25.5 Å². The second kappa shape index (κ2) is 5.41. The van der Waals surface area contributed by atoms with E-state index in [-0.39, 0.29) is 5.78 Å². The van der Waals surface area contributed by atoms with E-state index in [1.54, 1.807) is 0 Å². The fourth-order valence-corrected chi connectivity index (χ4v) is 2.91. The number of fused-ring (bicyclic) bond motifs is 1. The summed E-state index contributed by atoms with van der Waals surface area (Å²) in [6, 6.07) is 7.84. The molecule has 0 saturated carbocycles. The van der Waals surface area contributed by atoms with Crippen LogP contribution in [0.2, 0.25) is 0 Å². The van der Waals surface area contributed by atoms with Gasteiger partial charge in [-0.25, -0.2) is 0 Å². The van der Waals surface area contributed by atoms with Gasteiger partial charge >= 0.3 is 0 Å². The number of nitrogens with zero attached hydrogens (tertiary/aromatic N) is 1. The molecule has 0 aliphatic rings. The zero-order valence-corrected chi connectivity index (χ0v) is 13.0. The average molecular weight is 273 g/mol. The molecule has 2 rings (SSSR count). The maximum atomic E-state index is 12.9. The van der Waals surface area contributed by atoms with Crippen molar-refractivity contribution >= 4 is 16.8 Å². The van der Waals surface area contributed by atoms with E-state index in [1.165, 1.54) is 5.56 Å². The third kappa shape index (κ3) is 2.27. The minimum Gasteiger partial charge on any atom is -0.453 e. The lowest BCUT2D eigenvalue weighted by atomic mass is 9.85. The number of Topliss-reactive ketones (excluding diaryl/α,β-unsaturated/α-hetero) is 1. The lowest BCUT2D eigenvalue weighted by molar-refractivity contribution is 0.0628. The molecule has 0 spiro atoms. The summed E-state index contributed by atoms with van der Waals surface area (Å²) < 4.78 is 5.77. The van der Waals surface area contributed by atoms with E-state index in [0.717, 1.165) is 23.8 Å². The first kappa shape index (κ1) is 14.8. The van der Waals surface area contributed by atoms with Crippen LogP contribution >= 0.6 is 0 Å². The third-order valence-electron chi connectivity index (χ3n) is 4.34. The van der Waals surface area contributed by atoms with E-state index >= 15 is 0 Å². The van der Waals surface area contributed by atoms with Crippen molar-refractivity contribution < 1.29 is 9.21 Å². The van der Waals surface area contributed by atoms with Crippen LogP contribution < -0.4 is 0 Å². The molecule has 1 heterocycles. The van der Waals surface area contributed by atoms with Crippen LogP contribution in [0.25, 0.3) is 11.0 Å². The summed E-state index contributed by atoms with van der Waals surface area (Å²) in [6.45, 7) is 6.14. The Morgan fingerprint density at radius 2 is 1.85 bits per heavy atom. The lowest BCUT2D eigenvalue weighted by Crippen LogP contribution is -2.50. The molecule has 0 saturated heterocycles. The Balaban J connectivity index is 2.49. The quantitative estimate of drug-likeness (QED) is 0.771. The maximum Gasteiger partial charge on any atom is 0.218 e. The largest absolute Gasteiger partial charge is 0.453 e. The van der Waals surface area contributed by atoms with Crippen molar-refractivity contribution in [2.24, 2.45) is 0 Å². The second-order valence-electron chi connectivity index (χ2n) is 5.61. The SMILES string of the molecule is CCC(CC)(C(=O)c1cc2cc(C)ccc2o1)N(C)C. The zero-order chi connectivity index (χ0) is 14.9. The van der Waals surface area contributed by atoms with Crippen molar-refractivity contribution in [1.82, 2.24) is 4.90 Å². The van der Waals surface area contributed by atoms with E-state index in [0.29, 0.717) is 5.76 Å². The van der Waals surface area contributed by atoms with Crippen LogP contribution in [0.15, 0.2) is 28.7 Å². The summed E-state index contributed by atoms with van der Waals surface area (Å²) in [5.74, 6) is 0.532. The van der Waals surface area contributed by atoms with Crippen molar-refractivity contribution in [2.75, 3.05) is 14.1 Å². The first-order valence-corrected chi connectivity index (χ1v) is 7.17. The van der Waals surface area contributed by atoms with Gasteiger partial charge in [0.05, 0.1) is 5.54 Å². The normalized spacial score (nSPS) is 12.3. The number of ketones is 1. The summed E-state index contributed by atoms with van der Waals surface area (Å²) in [7, 11) is 3.91.